The molecular weight excluding hydrogens is 422 g/mol. The zero-order chi connectivity index (χ0) is 22.8. The summed E-state index contributed by atoms with van der Waals surface area (Å²) in [6.07, 6.45) is 6.92. The molecule has 0 aromatic carbocycles. The molecule has 1 atom stereocenters. The number of anilines is 2. The van der Waals surface area contributed by atoms with E-state index >= 15 is 0 Å². The van der Waals surface area contributed by atoms with Gasteiger partial charge in [0.15, 0.2) is 0 Å². The molecule has 1 unspecified atom stereocenters. The number of ether oxygens (including phenoxy) is 1. The molecule has 2 aliphatic rings. The van der Waals surface area contributed by atoms with Crippen LogP contribution < -0.4 is 15.9 Å². The van der Waals surface area contributed by atoms with Crippen molar-refractivity contribution in [2.24, 2.45) is 0 Å². The Hall–Kier alpha value is -2.92. The average Bonchev–Trinajstić information content (AvgIpc) is 3.35. The van der Waals surface area contributed by atoms with Crippen molar-refractivity contribution in [1.29, 1.82) is 0 Å². The fourth-order valence-electron chi connectivity index (χ4n) is 4.78. The van der Waals surface area contributed by atoms with Gasteiger partial charge in [0.25, 0.3) is 5.56 Å². The third kappa shape index (κ3) is 4.34. The highest BCUT2D eigenvalue weighted by Gasteiger charge is 2.28. The molecule has 2 fully saturated rings. The van der Waals surface area contributed by atoms with E-state index in [0.29, 0.717) is 42.6 Å². The number of aliphatic hydroxyl groups excluding tert-OH is 1. The predicted octanol–water partition coefficient (Wildman–Crippen LogP) is 1.72. The monoisotopic (exact) mass is 451 g/mol. The summed E-state index contributed by atoms with van der Waals surface area (Å²) in [6, 6.07) is 7.58. The van der Waals surface area contributed by atoms with Gasteiger partial charge < -0.3 is 9.84 Å². The number of hydrazine groups is 1. The lowest BCUT2D eigenvalue weighted by molar-refractivity contribution is 0.0536. The van der Waals surface area contributed by atoms with Gasteiger partial charge >= 0.3 is 0 Å². The highest BCUT2D eigenvalue weighted by Crippen LogP contribution is 2.32. The van der Waals surface area contributed by atoms with Crippen LogP contribution in [0.4, 0.5) is 11.8 Å². The highest BCUT2D eigenvalue weighted by atomic mass is 16.5. The van der Waals surface area contributed by atoms with Gasteiger partial charge in [-0.2, -0.15) is 4.98 Å². The molecule has 1 aliphatic carbocycles. The topological polar surface area (TPSA) is 109 Å². The minimum atomic E-state index is -0.668. The molecule has 4 heterocycles. The second-order valence-electron chi connectivity index (χ2n) is 8.55. The maximum atomic E-state index is 13.4. The summed E-state index contributed by atoms with van der Waals surface area (Å²) >= 11 is 0. The summed E-state index contributed by atoms with van der Waals surface area (Å²) in [6.45, 7) is 1.88. The number of fused-ring (bicyclic) bond motifs is 1. The Kier molecular flexibility index (Phi) is 6.32. The number of hydrogen-bond donors (Lipinski definition) is 2. The first-order valence-corrected chi connectivity index (χ1v) is 11.4. The normalized spacial score (nSPS) is 19.9. The van der Waals surface area contributed by atoms with Crippen molar-refractivity contribution in [3.8, 4) is 0 Å². The minimum absolute atomic E-state index is 0.0529. The fraction of sp³-hybridized carbons (Fsp3) is 0.478. The smallest absolute Gasteiger partial charge is 0.258 e. The summed E-state index contributed by atoms with van der Waals surface area (Å²) in [5.41, 5.74) is 1.18. The van der Waals surface area contributed by atoms with E-state index < -0.39 is 6.23 Å². The van der Waals surface area contributed by atoms with Gasteiger partial charge in [0.1, 0.15) is 17.7 Å². The van der Waals surface area contributed by atoms with Crippen molar-refractivity contribution in [2.45, 2.75) is 44.6 Å². The van der Waals surface area contributed by atoms with E-state index in [0.717, 1.165) is 31.1 Å². The zero-order valence-corrected chi connectivity index (χ0v) is 18.7. The average molecular weight is 452 g/mol. The van der Waals surface area contributed by atoms with E-state index in [2.05, 4.69) is 15.3 Å². The predicted molar refractivity (Wildman–Crippen MR) is 124 cm³/mol. The second-order valence-corrected chi connectivity index (χ2v) is 8.55. The van der Waals surface area contributed by atoms with Crippen molar-refractivity contribution in [1.82, 2.24) is 29.8 Å². The molecule has 33 heavy (non-hydrogen) atoms. The van der Waals surface area contributed by atoms with Crippen LogP contribution >= 0.6 is 0 Å². The standard InChI is InChI=1S/C23H29N7O3/c1-33-15-17-12-16-13-26-23(27-21(16)29(22(17)32)18-6-2-3-7-18)30(19-8-4-5-9-24-19)28-11-10-25-20(31)14-28/h4-5,8-9,12-13,18,20,25,31H,2-3,6-7,10-11,14-15H2,1H3. The van der Waals surface area contributed by atoms with Crippen LogP contribution in [0.25, 0.3) is 11.0 Å². The van der Waals surface area contributed by atoms with Gasteiger partial charge in [-0.25, -0.2) is 20.0 Å². The molecule has 0 bridgehead atoms. The van der Waals surface area contributed by atoms with Gasteiger partial charge in [-0.1, -0.05) is 18.9 Å². The molecule has 1 saturated carbocycles. The molecule has 1 aliphatic heterocycles. The van der Waals surface area contributed by atoms with Crippen molar-refractivity contribution >= 4 is 22.8 Å². The van der Waals surface area contributed by atoms with Gasteiger partial charge in [0.05, 0.1) is 13.2 Å². The van der Waals surface area contributed by atoms with E-state index in [4.69, 9.17) is 9.72 Å². The van der Waals surface area contributed by atoms with Crippen LogP contribution in [0.3, 0.4) is 0 Å². The molecule has 3 aromatic rings. The number of rotatable bonds is 6. The Morgan fingerprint density at radius 2 is 2.12 bits per heavy atom. The molecule has 0 spiro atoms. The molecule has 2 N–H and O–H groups in total. The van der Waals surface area contributed by atoms with Gasteiger partial charge in [0, 0.05) is 49.6 Å². The first-order valence-electron chi connectivity index (χ1n) is 11.4. The number of aromatic nitrogens is 4. The molecule has 0 amide bonds. The molecule has 5 rings (SSSR count). The molecule has 1 saturated heterocycles. The minimum Gasteiger partial charge on any atom is -0.380 e. The Labute approximate surface area is 191 Å². The maximum Gasteiger partial charge on any atom is 0.258 e. The van der Waals surface area contributed by atoms with Crippen molar-refractivity contribution in [2.75, 3.05) is 31.8 Å². The van der Waals surface area contributed by atoms with Gasteiger partial charge in [-0.3, -0.25) is 14.7 Å². The number of nitrogens with one attached hydrogen (secondary N) is 1. The lowest BCUT2D eigenvalue weighted by Crippen LogP contribution is -2.56. The van der Waals surface area contributed by atoms with Crippen LogP contribution in [0.15, 0.2) is 41.5 Å². The summed E-state index contributed by atoms with van der Waals surface area (Å²) in [4.78, 5) is 27.5. The zero-order valence-electron chi connectivity index (χ0n) is 18.7. The summed E-state index contributed by atoms with van der Waals surface area (Å²) in [5, 5.41) is 17.8. The lowest BCUT2D eigenvalue weighted by atomic mass is 10.1. The molecule has 10 heteroatoms. The Balaban J connectivity index is 1.67. The maximum absolute atomic E-state index is 13.4. The summed E-state index contributed by atoms with van der Waals surface area (Å²) in [7, 11) is 1.59. The Morgan fingerprint density at radius 3 is 2.85 bits per heavy atom. The van der Waals surface area contributed by atoms with E-state index in [1.165, 1.54) is 0 Å². The van der Waals surface area contributed by atoms with Crippen LogP contribution in [-0.2, 0) is 11.3 Å². The van der Waals surface area contributed by atoms with Gasteiger partial charge in [-0.15, -0.1) is 0 Å². The molecule has 174 valence electrons. The van der Waals surface area contributed by atoms with E-state index in [1.54, 1.807) is 19.5 Å². The summed E-state index contributed by atoms with van der Waals surface area (Å²) < 4.78 is 7.12. The van der Waals surface area contributed by atoms with Crippen molar-refractivity contribution in [3.63, 3.8) is 0 Å². The molecule has 3 aromatic heterocycles. The number of β-amino-alcohol motifs (C(OH)–C–C–N with tert-alkyl or cyclic N) is 1. The SMILES string of the molecule is COCc1cc2cnc(N(c3ccccn3)N3CCNC(O)C3)nc2n(C2CCCC2)c1=O. The van der Waals surface area contributed by atoms with Gasteiger partial charge in [-0.05, 0) is 31.0 Å². The van der Waals surface area contributed by atoms with Crippen LogP contribution in [-0.4, -0.2) is 62.6 Å². The van der Waals surface area contributed by atoms with E-state index in [9.17, 15) is 9.90 Å². The van der Waals surface area contributed by atoms with Crippen LogP contribution in [0.2, 0.25) is 0 Å². The van der Waals surface area contributed by atoms with Gasteiger partial charge in [0.2, 0.25) is 5.95 Å². The second kappa shape index (κ2) is 9.52. The highest BCUT2D eigenvalue weighted by molar-refractivity contribution is 5.76. The van der Waals surface area contributed by atoms with Crippen LogP contribution in [0.1, 0.15) is 37.3 Å². The van der Waals surface area contributed by atoms with Crippen LogP contribution in [0, 0.1) is 0 Å². The lowest BCUT2D eigenvalue weighted by Gasteiger charge is -2.38. The first-order chi connectivity index (χ1) is 16.2. The quantitative estimate of drug-likeness (QED) is 0.579. The van der Waals surface area contributed by atoms with E-state index in [-0.39, 0.29) is 18.2 Å². The van der Waals surface area contributed by atoms with Crippen LogP contribution in [0.5, 0.6) is 0 Å². The number of aliphatic hydroxyl groups is 1. The largest absolute Gasteiger partial charge is 0.380 e. The Bertz CT molecular complexity index is 1160. The number of piperazine rings is 1. The fourth-order valence-corrected chi connectivity index (χ4v) is 4.78. The number of nitrogens with zero attached hydrogens (tertiary/aromatic N) is 6. The molecular formula is C23H29N7O3. The van der Waals surface area contributed by atoms with Crippen molar-refractivity contribution < 1.29 is 9.84 Å². The van der Waals surface area contributed by atoms with Crippen molar-refractivity contribution in [3.05, 3.63) is 52.6 Å². The summed E-state index contributed by atoms with van der Waals surface area (Å²) in [5.74, 6) is 1.07. The molecule has 10 nitrogen and oxygen atoms in total. The van der Waals surface area contributed by atoms with E-state index in [1.807, 2.05) is 38.9 Å². The third-order valence-electron chi connectivity index (χ3n) is 6.30. The Morgan fingerprint density at radius 1 is 1.27 bits per heavy atom. The molecule has 0 radical (unpaired) electrons. The number of methoxy groups -OCH3 is 1. The first kappa shape index (κ1) is 21.9. The number of hydrogen-bond acceptors (Lipinski definition) is 9. The third-order valence-corrected chi connectivity index (χ3v) is 6.30. The number of pyridine rings is 2.